The number of benzene rings is 1. The van der Waals surface area contributed by atoms with E-state index in [1.54, 1.807) is 0 Å². The van der Waals surface area contributed by atoms with Gasteiger partial charge in [0.25, 0.3) is 0 Å². The van der Waals surface area contributed by atoms with Gasteiger partial charge in [-0.05, 0) is 18.4 Å². The monoisotopic (exact) mass is 318 g/mol. The van der Waals surface area contributed by atoms with Crippen molar-refractivity contribution in [3.8, 4) is 0 Å². The molecule has 3 rings (SSSR count). The smallest absolute Gasteiger partial charge is 0.347 e. The van der Waals surface area contributed by atoms with Gasteiger partial charge >= 0.3 is 5.97 Å². The number of quaternary nitrogens is 1. The van der Waals surface area contributed by atoms with Gasteiger partial charge in [-0.3, -0.25) is 4.48 Å². The van der Waals surface area contributed by atoms with E-state index in [1.807, 2.05) is 30.3 Å². The van der Waals surface area contributed by atoms with Crippen LogP contribution in [-0.4, -0.2) is 42.4 Å². The van der Waals surface area contributed by atoms with Crippen LogP contribution in [0.3, 0.4) is 0 Å². The summed E-state index contributed by atoms with van der Waals surface area (Å²) in [5, 5.41) is 11.4. The summed E-state index contributed by atoms with van der Waals surface area (Å²) in [4.78, 5) is 13.0. The molecule has 2 aliphatic rings. The van der Waals surface area contributed by atoms with Crippen LogP contribution >= 0.6 is 0 Å². The zero-order chi connectivity index (χ0) is 16.5. The lowest BCUT2D eigenvalue weighted by Gasteiger charge is -2.36. The third-order valence-corrected chi connectivity index (χ3v) is 5.68. The summed E-state index contributed by atoms with van der Waals surface area (Å²) in [7, 11) is 4.17. The van der Waals surface area contributed by atoms with Crippen molar-refractivity contribution in [1.29, 1.82) is 0 Å². The van der Waals surface area contributed by atoms with E-state index in [4.69, 9.17) is 4.74 Å². The lowest BCUT2D eigenvalue weighted by Crippen LogP contribution is -2.51. The Morgan fingerprint density at radius 1 is 1.13 bits per heavy atom. The van der Waals surface area contributed by atoms with Crippen LogP contribution < -0.4 is 0 Å². The van der Waals surface area contributed by atoms with Gasteiger partial charge in [-0.25, -0.2) is 4.79 Å². The van der Waals surface area contributed by atoms with E-state index in [9.17, 15) is 9.90 Å². The Balaban J connectivity index is 1.87. The molecule has 4 nitrogen and oxygen atoms in total. The minimum absolute atomic E-state index is 0.0468. The third kappa shape index (κ3) is 3.02. The number of hydrogen-bond donors (Lipinski definition) is 1. The second kappa shape index (κ2) is 6.25. The number of likely N-dealkylation sites (tertiary alicyclic amines) is 1. The lowest BCUT2D eigenvalue weighted by molar-refractivity contribution is -0.921. The van der Waals surface area contributed by atoms with Crippen LogP contribution in [0.1, 0.15) is 44.1 Å². The molecule has 2 atom stereocenters. The van der Waals surface area contributed by atoms with Crippen LogP contribution in [0.4, 0.5) is 0 Å². The minimum atomic E-state index is -1.51. The van der Waals surface area contributed by atoms with Crippen LogP contribution in [0, 0.1) is 5.92 Å². The maximum atomic E-state index is 13.0. The molecule has 0 amide bonds. The molecular weight excluding hydrogens is 290 g/mol. The number of aliphatic hydroxyl groups is 1. The summed E-state index contributed by atoms with van der Waals surface area (Å²) in [6.07, 6.45) is 5.66. The van der Waals surface area contributed by atoms with Crippen LogP contribution in [0.5, 0.6) is 0 Å². The van der Waals surface area contributed by atoms with Gasteiger partial charge in [0.15, 0.2) is 5.60 Å². The second-order valence-corrected chi connectivity index (χ2v) is 7.62. The maximum Gasteiger partial charge on any atom is 0.347 e. The van der Waals surface area contributed by atoms with Crippen molar-refractivity contribution in [2.75, 3.05) is 20.6 Å². The number of esters is 1. The number of carbonyl (C=O) groups excluding carboxylic acids is 1. The Morgan fingerprint density at radius 2 is 1.78 bits per heavy atom. The quantitative estimate of drug-likeness (QED) is 0.686. The van der Waals surface area contributed by atoms with Crippen molar-refractivity contribution < 1.29 is 19.1 Å². The van der Waals surface area contributed by atoms with Crippen LogP contribution in [0.25, 0.3) is 0 Å². The molecule has 4 heteroatoms. The first-order valence-electron chi connectivity index (χ1n) is 8.76. The molecule has 1 saturated carbocycles. The highest BCUT2D eigenvalue weighted by molar-refractivity contribution is 5.81. The molecule has 1 aliphatic carbocycles. The summed E-state index contributed by atoms with van der Waals surface area (Å²) in [6.45, 7) is 1.01. The number of nitrogens with zero attached hydrogens (tertiary/aromatic N) is 1. The molecule has 1 aromatic carbocycles. The molecule has 0 aromatic heterocycles. The SMILES string of the molecule is C[N+]1(C)CCCC1OC(=O)[C@](O)(c1ccccc1)C1CCCC1. The van der Waals surface area contributed by atoms with E-state index in [1.165, 1.54) is 0 Å². The Bertz CT molecular complexity index is 551. The Kier molecular flexibility index (Phi) is 4.47. The van der Waals surface area contributed by atoms with E-state index >= 15 is 0 Å². The van der Waals surface area contributed by atoms with Crippen molar-refractivity contribution >= 4 is 5.97 Å². The Morgan fingerprint density at radius 3 is 2.35 bits per heavy atom. The molecule has 0 bridgehead atoms. The summed E-state index contributed by atoms with van der Waals surface area (Å²) < 4.78 is 6.52. The van der Waals surface area contributed by atoms with Crippen molar-refractivity contribution in [3.63, 3.8) is 0 Å². The fraction of sp³-hybridized carbons (Fsp3) is 0.632. The van der Waals surface area contributed by atoms with Crippen LogP contribution in [0.15, 0.2) is 30.3 Å². The van der Waals surface area contributed by atoms with Gasteiger partial charge in [0.1, 0.15) is 0 Å². The van der Waals surface area contributed by atoms with Crippen molar-refractivity contribution in [1.82, 2.24) is 0 Å². The van der Waals surface area contributed by atoms with Gasteiger partial charge in [-0.15, -0.1) is 0 Å². The first kappa shape index (κ1) is 16.5. The van der Waals surface area contributed by atoms with E-state index in [0.29, 0.717) is 10.0 Å². The molecule has 1 saturated heterocycles. The molecule has 1 aromatic rings. The zero-order valence-corrected chi connectivity index (χ0v) is 14.2. The molecule has 1 unspecified atom stereocenters. The van der Waals surface area contributed by atoms with E-state index in [-0.39, 0.29) is 12.1 Å². The standard InChI is InChI=1S/C19H28NO3/c1-20(2)14-8-13-17(20)23-18(21)19(22,16-11-6-7-12-16)15-9-4-3-5-10-15/h3-5,9-10,16-17,22H,6-8,11-14H2,1-2H3/q+1/t17?,19-/m0/s1. The van der Waals surface area contributed by atoms with Crippen molar-refractivity contribution in [2.24, 2.45) is 5.92 Å². The first-order valence-corrected chi connectivity index (χ1v) is 8.76. The molecule has 23 heavy (non-hydrogen) atoms. The van der Waals surface area contributed by atoms with Crippen LogP contribution in [0.2, 0.25) is 0 Å². The number of rotatable bonds is 4. The molecule has 1 aliphatic heterocycles. The van der Waals surface area contributed by atoms with E-state index in [0.717, 1.165) is 45.1 Å². The topological polar surface area (TPSA) is 46.5 Å². The Hall–Kier alpha value is -1.39. The van der Waals surface area contributed by atoms with Gasteiger partial charge in [-0.2, -0.15) is 0 Å². The zero-order valence-electron chi connectivity index (χ0n) is 14.2. The highest BCUT2D eigenvalue weighted by Gasteiger charge is 2.50. The molecule has 2 fully saturated rings. The maximum absolute atomic E-state index is 13.0. The van der Waals surface area contributed by atoms with E-state index < -0.39 is 11.6 Å². The molecule has 1 N–H and O–H groups in total. The van der Waals surface area contributed by atoms with Crippen LogP contribution in [-0.2, 0) is 15.1 Å². The van der Waals surface area contributed by atoms with Gasteiger partial charge in [0.2, 0.25) is 6.23 Å². The average Bonchev–Trinajstić information content (AvgIpc) is 3.18. The second-order valence-electron chi connectivity index (χ2n) is 7.62. The first-order chi connectivity index (χ1) is 10.9. The van der Waals surface area contributed by atoms with E-state index in [2.05, 4.69) is 14.1 Å². The molecular formula is C19H28NO3+. The third-order valence-electron chi connectivity index (χ3n) is 5.68. The summed E-state index contributed by atoms with van der Waals surface area (Å²) in [6, 6.07) is 9.33. The predicted molar refractivity (Wildman–Crippen MR) is 88.4 cm³/mol. The highest BCUT2D eigenvalue weighted by Crippen LogP contribution is 2.42. The molecule has 1 heterocycles. The van der Waals surface area contributed by atoms with Crippen molar-refractivity contribution in [2.45, 2.75) is 50.4 Å². The van der Waals surface area contributed by atoms with Crippen molar-refractivity contribution in [3.05, 3.63) is 35.9 Å². The fourth-order valence-electron chi connectivity index (χ4n) is 4.14. The average molecular weight is 318 g/mol. The number of carbonyl (C=O) groups is 1. The molecule has 0 spiro atoms. The molecule has 126 valence electrons. The van der Waals surface area contributed by atoms with Gasteiger partial charge in [-0.1, -0.05) is 43.2 Å². The summed E-state index contributed by atoms with van der Waals surface area (Å²) in [5.41, 5.74) is -0.847. The molecule has 0 radical (unpaired) electrons. The Labute approximate surface area is 138 Å². The van der Waals surface area contributed by atoms with Gasteiger partial charge in [0.05, 0.1) is 20.6 Å². The highest BCUT2D eigenvalue weighted by atomic mass is 16.6. The number of hydrogen-bond acceptors (Lipinski definition) is 3. The normalized spacial score (nSPS) is 26.8. The minimum Gasteiger partial charge on any atom is -0.410 e. The van der Waals surface area contributed by atoms with Gasteiger partial charge in [0, 0.05) is 18.8 Å². The summed E-state index contributed by atoms with van der Waals surface area (Å²) in [5.74, 6) is -0.511. The van der Waals surface area contributed by atoms with Gasteiger partial charge < -0.3 is 9.84 Å². The lowest BCUT2D eigenvalue weighted by atomic mass is 9.80. The predicted octanol–water partition coefficient (Wildman–Crippen LogP) is 2.80. The largest absolute Gasteiger partial charge is 0.410 e. The summed E-state index contributed by atoms with van der Waals surface area (Å²) >= 11 is 0. The number of ether oxygens (including phenoxy) is 1. The fourth-order valence-corrected chi connectivity index (χ4v) is 4.14.